The number of aliphatic hydroxyl groups excluding tert-OH is 1. The van der Waals surface area contributed by atoms with E-state index < -0.39 is 29.6 Å². The van der Waals surface area contributed by atoms with Crippen LogP contribution in [0.3, 0.4) is 0 Å². The minimum Gasteiger partial charge on any atom is -0.390 e. The molecule has 2 atom stereocenters. The lowest BCUT2D eigenvalue weighted by atomic mass is 10.0. The molecule has 0 aliphatic carbocycles. The molecule has 194 valence electrons. The van der Waals surface area contributed by atoms with Crippen molar-refractivity contribution in [3.63, 3.8) is 0 Å². The standard InChI is InChI=1S/C27H25F3N2O2S3/c28-21-14-23(30)26(15-22(21)29)37-32(16-20-9-5-11-36-20)17-25(33)24(12-18-6-2-1-3-7-18)31-27(34)13-19-8-4-10-35-19/h1-11,14-15,24-25,33H,12-13,16-17H2,(H,31,34). The van der Waals surface area contributed by atoms with Crippen molar-refractivity contribution in [3.05, 3.63) is 110 Å². The SMILES string of the molecule is O=C(Cc1cccs1)NC(Cc1ccccc1)C(O)CN(Cc1cccs1)Sc1cc(F)c(F)cc1F. The van der Waals surface area contributed by atoms with Crippen LogP contribution in [0.15, 0.2) is 82.4 Å². The summed E-state index contributed by atoms with van der Waals surface area (Å²) >= 11 is 3.87. The van der Waals surface area contributed by atoms with E-state index in [4.69, 9.17) is 0 Å². The molecule has 0 radical (unpaired) electrons. The topological polar surface area (TPSA) is 52.6 Å². The van der Waals surface area contributed by atoms with Gasteiger partial charge in [0.05, 0.1) is 23.5 Å². The second-order valence-electron chi connectivity index (χ2n) is 8.38. The first-order valence-electron chi connectivity index (χ1n) is 11.5. The molecular formula is C27H25F3N2O2S3. The van der Waals surface area contributed by atoms with Crippen LogP contribution in [-0.2, 0) is 24.2 Å². The molecule has 0 saturated heterocycles. The Morgan fingerprint density at radius 3 is 2.27 bits per heavy atom. The largest absolute Gasteiger partial charge is 0.390 e. The molecule has 0 aliphatic heterocycles. The number of hydrogen-bond acceptors (Lipinski definition) is 6. The van der Waals surface area contributed by atoms with Crippen LogP contribution in [0.5, 0.6) is 0 Å². The highest BCUT2D eigenvalue weighted by molar-refractivity contribution is 7.97. The second-order valence-corrected chi connectivity index (χ2v) is 11.6. The maximum absolute atomic E-state index is 14.4. The Kier molecular flexibility index (Phi) is 9.81. The van der Waals surface area contributed by atoms with Gasteiger partial charge in [-0.25, -0.2) is 17.5 Å². The third kappa shape index (κ3) is 8.18. The normalized spacial score (nSPS) is 13.0. The summed E-state index contributed by atoms with van der Waals surface area (Å²) in [5.41, 5.74) is 0.937. The zero-order valence-electron chi connectivity index (χ0n) is 19.6. The minimum atomic E-state index is -1.26. The maximum atomic E-state index is 14.4. The van der Waals surface area contributed by atoms with Crippen LogP contribution in [0.25, 0.3) is 0 Å². The van der Waals surface area contributed by atoms with E-state index in [0.29, 0.717) is 19.0 Å². The molecule has 0 aliphatic rings. The van der Waals surface area contributed by atoms with Crippen LogP contribution < -0.4 is 5.32 Å². The summed E-state index contributed by atoms with van der Waals surface area (Å²) in [4.78, 5) is 14.6. The number of halogens is 3. The predicted molar refractivity (Wildman–Crippen MR) is 143 cm³/mol. The van der Waals surface area contributed by atoms with Crippen molar-refractivity contribution in [1.29, 1.82) is 0 Å². The first kappa shape index (κ1) is 27.4. The van der Waals surface area contributed by atoms with Crippen molar-refractivity contribution in [2.45, 2.75) is 36.4 Å². The van der Waals surface area contributed by atoms with E-state index in [2.05, 4.69) is 5.32 Å². The quantitative estimate of drug-likeness (QED) is 0.163. The lowest BCUT2D eigenvalue weighted by Gasteiger charge is -2.29. The molecular weight excluding hydrogens is 538 g/mol. The van der Waals surface area contributed by atoms with Crippen molar-refractivity contribution >= 4 is 40.5 Å². The van der Waals surface area contributed by atoms with Crippen LogP contribution in [-0.4, -0.2) is 34.0 Å². The molecule has 4 aromatic rings. The van der Waals surface area contributed by atoms with Gasteiger partial charge in [-0.1, -0.05) is 42.5 Å². The predicted octanol–water partition coefficient (Wildman–Crippen LogP) is 6.07. The molecule has 0 spiro atoms. The molecule has 4 nitrogen and oxygen atoms in total. The van der Waals surface area contributed by atoms with Gasteiger partial charge in [-0.15, -0.1) is 22.7 Å². The molecule has 2 aromatic heterocycles. The van der Waals surface area contributed by atoms with E-state index in [1.807, 2.05) is 65.4 Å². The highest BCUT2D eigenvalue weighted by Gasteiger charge is 2.26. The van der Waals surface area contributed by atoms with Gasteiger partial charge < -0.3 is 10.4 Å². The molecule has 10 heteroatoms. The molecule has 2 heterocycles. The molecule has 37 heavy (non-hydrogen) atoms. The van der Waals surface area contributed by atoms with Gasteiger partial charge in [0.15, 0.2) is 11.6 Å². The maximum Gasteiger partial charge on any atom is 0.225 e. The Morgan fingerprint density at radius 2 is 1.59 bits per heavy atom. The van der Waals surface area contributed by atoms with E-state index in [9.17, 15) is 23.1 Å². The highest BCUT2D eigenvalue weighted by Crippen LogP contribution is 2.30. The van der Waals surface area contributed by atoms with Crippen LogP contribution in [0.2, 0.25) is 0 Å². The molecule has 2 unspecified atom stereocenters. The average Bonchev–Trinajstić information content (AvgIpc) is 3.57. The Hall–Kier alpha value is -2.63. The number of nitrogens with zero attached hydrogens (tertiary/aromatic N) is 1. The van der Waals surface area contributed by atoms with Gasteiger partial charge in [-0.2, -0.15) is 0 Å². The minimum absolute atomic E-state index is 0.0395. The second kappa shape index (κ2) is 13.3. The van der Waals surface area contributed by atoms with Gasteiger partial charge >= 0.3 is 0 Å². The van der Waals surface area contributed by atoms with Gasteiger partial charge in [0.2, 0.25) is 5.91 Å². The molecule has 2 aromatic carbocycles. The number of hydrogen-bond donors (Lipinski definition) is 2. The number of carbonyl (C=O) groups is 1. The Bertz CT molecular complexity index is 1270. The number of benzene rings is 2. The zero-order valence-corrected chi connectivity index (χ0v) is 22.1. The summed E-state index contributed by atoms with van der Waals surface area (Å²) in [5, 5.41) is 18.1. The fraction of sp³-hybridized carbons (Fsp3) is 0.222. The fourth-order valence-electron chi connectivity index (χ4n) is 3.74. The molecule has 4 rings (SSSR count). The first-order valence-corrected chi connectivity index (χ1v) is 14.0. The van der Waals surface area contributed by atoms with Crippen molar-refractivity contribution in [3.8, 4) is 0 Å². The first-order chi connectivity index (χ1) is 17.9. The van der Waals surface area contributed by atoms with Crippen molar-refractivity contribution in [2.24, 2.45) is 0 Å². The third-order valence-corrected chi connectivity index (χ3v) is 8.31. The van der Waals surface area contributed by atoms with E-state index in [1.54, 1.807) is 4.31 Å². The summed E-state index contributed by atoms with van der Waals surface area (Å²) in [6.45, 7) is 0.372. The van der Waals surface area contributed by atoms with Crippen molar-refractivity contribution in [2.75, 3.05) is 6.54 Å². The van der Waals surface area contributed by atoms with Crippen LogP contribution in [0, 0.1) is 17.5 Å². The Balaban J connectivity index is 1.53. The van der Waals surface area contributed by atoms with Crippen molar-refractivity contribution < 1.29 is 23.1 Å². The Morgan fingerprint density at radius 1 is 0.919 bits per heavy atom. The number of nitrogens with one attached hydrogen (secondary N) is 1. The lowest BCUT2D eigenvalue weighted by molar-refractivity contribution is -0.122. The molecule has 2 N–H and O–H groups in total. The van der Waals surface area contributed by atoms with Gasteiger partial charge in [0.25, 0.3) is 0 Å². The average molecular weight is 563 g/mol. The van der Waals surface area contributed by atoms with Gasteiger partial charge in [-0.05, 0) is 52.9 Å². The van der Waals surface area contributed by atoms with Crippen LogP contribution in [0.1, 0.15) is 15.3 Å². The number of amides is 1. The van der Waals surface area contributed by atoms with Crippen LogP contribution in [0.4, 0.5) is 13.2 Å². The summed E-state index contributed by atoms with van der Waals surface area (Å²) < 4.78 is 43.4. The lowest BCUT2D eigenvalue weighted by Crippen LogP contribution is -2.49. The summed E-state index contributed by atoms with van der Waals surface area (Å²) in [6, 6.07) is 17.7. The molecule has 0 saturated carbocycles. The van der Waals surface area contributed by atoms with Gasteiger partial charge in [0.1, 0.15) is 5.82 Å². The van der Waals surface area contributed by atoms with Crippen LogP contribution >= 0.6 is 34.6 Å². The van der Waals surface area contributed by atoms with Crippen molar-refractivity contribution in [1.82, 2.24) is 9.62 Å². The molecule has 1 amide bonds. The third-order valence-electron chi connectivity index (χ3n) is 5.53. The van der Waals surface area contributed by atoms with Gasteiger partial charge in [-0.3, -0.25) is 4.79 Å². The summed E-state index contributed by atoms with van der Waals surface area (Å²) in [6.07, 6.45) is -0.452. The van der Waals surface area contributed by atoms with E-state index in [-0.39, 0.29) is 23.8 Å². The number of carbonyl (C=O) groups excluding carboxylic acids is 1. The smallest absolute Gasteiger partial charge is 0.225 e. The van der Waals surface area contributed by atoms with E-state index in [0.717, 1.165) is 33.3 Å². The number of thiophene rings is 2. The molecule has 0 bridgehead atoms. The monoisotopic (exact) mass is 562 g/mol. The molecule has 0 fully saturated rings. The van der Waals surface area contributed by atoms with Gasteiger partial charge in [0, 0.05) is 28.9 Å². The van der Waals surface area contributed by atoms with E-state index >= 15 is 0 Å². The fourth-order valence-corrected chi connectivity index (χ4v) is 6.26. The zero-order chi connectivity index (χ0) is 26.2. The highest BCUT2D eigenvalue weighted by atomic mass is 32.2. The Labute approximate surface area is 225 Å². The van der Waals surface area contributed by atoms with E-state index in [1.165, 1.54) is 22.7 Å². The number of rotatable bonds is 12. The summed E-state index contributed by atoms with van der Waals surface area (Å²) in [5.74, 6) is -3.52. The summed E-state index contributed by atoms with van der Waals surface area (Å²) in [7, 11) is 0. The number of aliphatic hydroxyl groups is 1.